The van der Waals surface area contributed by atoms with Gasteiger partial charge in [-0.25, -0.2) is 0 Å². The highest BCUT2D eigenvalue weighted by Gasteiger charge is 2.36. The summed E-state index contributed by atoms with van der Waals surface area (Å²) in [5.41, 5.74) is 16.9. The van der Waals surface area contributed by atoms with E-state index in [9.17, 15) is 0 Å². The first-order chi connectivity index (χ1) is 27.5. The van der Waals surface area contributed by atoms with Gasteiger partial charge in [0, 0.05) is 44.8 Å². The molecule has 1 aliphatic carbocycles. The highest BCUT2D eigenvalue weighted by Crippen LogP contribution is 2.51. The van der Waals surface area contributed by atoms with E-state index in [1.54, 1.807) is 0 Å². The Labute approximate surface area is 326 Å². The molecule has 268 valence electrons. The van der Waals surface area contributed by atoms with Gasteiger partial charge in [0.15, 0.2) is 6.23 Å². The van der Waals surface area contributed by atoms with E-state index in [-0.39, 0.29) is 11.6 Å². The van der Waals surface area contributed by atoms with Gasteiger partial charge in [0.25, 0.3) is 0 Å². The van der Waals surface area contributed by atoms with E-state index in [1.165, 1.54) is 33.4 Å². The molecule has 56 heavy (non-hydrogen) atoms. The van der Waals surface area contributed by atoms with Gasteiger partial charge in [-0.05, 0) is 87.5 Å². The summed E-state index contributed by atoms with van der Waals surface area (Å²) in [6.45, 7) is 4.69. The van der Waals surface area contributed by atoms with Gasteiger partial charge in [-0.15, -0.1) is 0 Å². The molecule has 0 fully saturated rings. The first-order valence-electron chi connectivity index (χ1n) is 19.3. The first kappa shape index (κ1) is 32.4. The number of nitrogens with zero attached hydrogens (tertiary/aromatic N) is 1. The van der Waals surface area contributed by atoms with Crippen LogP contribution in [-0.4, -0.2) is 0 Å². The molecule has 1 aromatic heterocycles. The van der Waals surface area contributed by atoms with E-state index in [4.69, 9.17) is 9.15 Å². The number of fused-ring (bicyclic) bond motifs is 7. The van der Waals surface area contributed by atoms with Crippen LogP contribution in [0.3, 0.4) is 0 Å². The molecule has 1 unspecified atom stereocenters. The molecule has 0 radical (unpaired) electrons. The predicted octanol–water partition coefficient (Wildman–Crippen LogP) is 14.2. The van der Waals surface area contributed by atoms with E-state index in [0.29, 0.717) is 0 Å². The van der Waals surface area contributed by atoms with Gasteiger partial charge in [0.2, 0.25) is 0 Å². The van der Waals surface area contributed by atoms with Crippen LogP contribution in [0.1, 0.15) is 36.8 Å². The van der Waals surface area contributed by atoms with Crippen LogP contribution in [0.25, 0.3) is 55.3 Å². The number of hydrogen-bond acceptors (Lipinski definition) is 4. The van der Waals surface area contributed by atoms with Crippen LogP contribution in [0, 0.1) is 0 Å². The second kappa shape index (κ2) is 12.5. The fraction of sp³-hybridized carbons (Fsp3) is 0.0769. The van der Waals surface area contributed by atoms with Gasteiger partial charge in [-0.3, -0.25) is 0 Å². The Balaban J connectivity index is 0.971. The summed E-state index contributed by atoms with van der Waals surface area (Å²) >= 11 is 0. The van der Waals surface area contributed by atoms with E-state index in [0.717, 1.165) is 67.1 Å². The Morgan fingerprint density at radius 3 is 1.98 bits per heavy atom. The average Bonchev–Trinajstić information content (AvgIpc) is 3.90. The van der Waals surface area contributed by atoms with E-state index in [2.05, 4.69) is 182 Å². The molecule has 1 N–H and O–H groups in total. The number of anilines is 4. The summed E-state index contributed by atoms with van der Waals surface area (Å²) in [6.07, 6.45) is -0.215. The monoisotopic (exact) mass is 722 g/mol. The fourth-order valence-electron chi connectivity index (χ4n) is 8.86. The molecular weight excluding hydrogens is 685 g/mol. The van der Waals surface area contributed by atoms with E-state index in [1.807, 2.05) is 24.3 Å². The van der Waals surface area contributed by atoms with Gasteiger partial charge in [0.05, 0.1) is 11.4 Å². The highest BCUT2D eigenvalue weighted by atomic mass is 16.5. The molecule has 1 atom stereocenters. The van der Waals surface area contributed by atoms with Crippen molar-refractivity contribution in [1.29, 1.82) is 0 Å². The lowest BCUT2D eigenvalue weighted by Crippen LogP contribution is -2.16. The third-order valence-corrected chi connectivity index (χ3v) is 11.7. The van der Waals surface area contributed by atoms with Crippen molar-refractivity contribution in [3.63, 3.8) is 0 Å². The minimum Gasteiger partial charge on any atom is -0.464 e. The molecule has 0 saturated heterocycles. The van der Waals surface area contributed by atoms with Gasteiger partial charge >= 0.3 is 0 Å². The molecule has 0 spiro atoms. The predicted molar refractivity (Wildman–Crippen MR) is 230 cm³/mol. The summed E-state index contributed by atoms with van der Waals surface area (Å²) in [5, 5.41) is 5.69. The summed E-state index contributed by atoms with van der Waals surface area (Å²) in [5.74, 6) is 0.802. The fourth-order valence-corrected chi connectivity index (χ4v) is 8.86. The Hall–Kier alpha value is -7.04. The Morgan fingerprint density at radius 1 is 0.500 bits per heavy atom. The maximum Gasteiger partial charge on any atom is 0.196 e. The topological polar surface area (TPSA) is 37.6 Å². The van der Waals surface area contributed by atoms with Crippen LogP contribution in [0.5, 0.6) is 5.75 Å². The Bertz CT molecular complexity index is 2950. The van der Waals surface area contributed by atoms with Gasteiger partial charge in [-0.1, -0.05) is 141 Å². The third-order valence-electron chi connectivity index (χ3n) is 11.7. The molecule has 2 heterocycles. The first-order valence-corrected chi connectivity index (χ1v) is 19.3. The molecule has 0 amide bonds. The van der Waals surface area contributed by atoms with Crippen LogP contribution < -0.4 is 15.0 Å². The van der Waals surface area contributed by atoms with Crippen molar-refractivity contribution in [2.75, 3.05) is 10.2 Å². The lowest BCUT2D eigenvalue weighted by atomic mass is 9.82. The maximum atomic E-state index is 6.47. The number of furan rings is 1. The smallest absolute Gasteiger partial charge is 0.196 e. The molecule has 8 aromatic carbocycles. The third kappa shape index (κ3) is 5.14. The van der Waals surface area contributed by atoms with Crippen molar-refractivity contribution < 1.29 is 9.15 Å². The summed E-state index contributed by atoms with van der Waals surface area (Å²) in [7, 11) is 0. The quantitative estimate of drug-likeness (QED) is 0.185. The molecule has 11 rings (SSSR count). The van der Waals surface area contributed by atoms with Gasteiger partial charge in [-0.2, -0.15) is 0 Å². The molecule has 4 heteroatoms. The molecule has 2 aliphatic rings. The van der Waals surface area contributed by atoms with Crippen molar-refractivity contribution in [2.24, 2.45) is 0 Å². The number of benzene rings is 8. The van der Waals surface area contributed by atoms with Crippen LogP contribution in [0.4, 0.5) is 22.7 Å². The second-order valence-corrected chi connectivity index (χ2v) is 15.4. The van der Waals surface area contributed by atoms with Crippen molar-refractivity contribution in [1.82, 2.24) is 0 Å². The SMILES string of the molecule is CC1(C)c2ccccc2-c2ccc(N(c3ccc(-c4ccc5c(c4)oc4cc6c(cc45)NC(c4ccccc4)O6)cc3)c3ccccc3-c3ccccc3)cc21. The Kier molecular flexibility index (Phi) is 7.23. The number of hydrogen-bond donors (Lipinski definition) is 1. The zero-order valence-corrected chi connectivity index (χ0v) is 31.2. The summed E-state index contributed by atoms with van der Waals surface area (Å²) in [4.78, 5) is 2.41. The van der Waals surface area contributed by atoms with Crippen LogP contribution in [-0.2, 0) is 5.41 Å². The standard InChI is InChI=1S/C52H38N2O2/c1-52(2)44-19-11-9-18-40(44)41-28-26-38(30-45(41)52)54(47-20-12-10-17-39(47)34-13-5-3-6-14-34)37-24-21-33(22-25-37)36-23-27-42-43-31-46-50(32-49(43)55-48(42)29-36)56-51(53-46)35-15-7-4-8-16-35/h3-32,51,53H,1-2H3. The normalized spacial score (nSPS) is 14.9. The van der Waals surface area contributed by atoms with E-state index < -0.39 is 0 Å². The minimum atomic E-state index is -0.215. The summed E-state index contributed by atoms with van der Waals surface area (Å²) < 4.78 is 12.8. The number of rotatable bonds is 6. The minimum absolute atomic E-state index is 0.111. The molecule has 0 saturated carbocycles. The zero-order valence-electron chi connectivity index (χ0n) is 31.2. The van der Waals surface area contributed by atoms with Gasteiger partial charge < -0.3 is 19.4 Å². The lowest BCUT2D eigenvalue weighted by Gasteiger charge is -2.30. The largest absolute Gasteiger partial charge is 0.464 e. The highest BCUT2D eigenvalue weighted by molar-refractivity contribution is 6.08. The van der Waals surface area contributed by atoms with Crippen molar-refractivity contribution in [3.8, 4) is 39.1 Å². The zero-order chi connectivity index (χ0) is 37.4. The maximum absolute atomic E-state index is 6.47. The Morgan fingerprint density at radius 2 is 1.16 bits per heavy atom. The van der Waals surface area contributed by atoms with Crippen LogP contribution in [0.15, 0.2) is 186 Å². The molecule has 9 aromatic rings. The molecule has 1 aliphatic heterocycles. The van der Waals surface area contributed by atoms with Crippen molar-refractivity contribution in [3.05, 3.63) is 199 Å². The summed E-state index contributed by atoms with van der Waals surface area (Å²) in [6, 6.07) is 65.0. The number of para-hydroxylation sites is 1. The number of ether oxygens (including phenoxy) is 1. The van der Waals surface area contributed by atoms with Crippen LogP contribution >= 0.6 is 0 Å². The average molecular weight is 723 g/mol. The van der Waals surface area contributed by atoms with Crippen molar-refractivity contribution >= 4 is 44.7 Å². The van der Waals surface area contributed by atoms with Crippen molar-refractivity contribution in [2.45, 2.75) is 25.5 Å². The molecule has 4 nitrogen and oxygen atoms in total. The molecular formula is C52H38N2O2. The van der Waals surface area contributed by atoms with Crippen LogP contribution in [0.2, 0.25) is 0 Å². The molecule has 0 bridgehead atoms. The van der Waals surface area contributed by atoms with Gasteiger partial charge in [0.1, 0.15) is 16.9 Å². The number of nitrogens with one attached hydrogen (secondary N) is 1. The second-order valence-electron chi connectivity index (χ2n) is 15.4. The van der Waals surface area contributed by atoms with E-state index >= 15 is 0 Å². The lowest BCUT2D eigenvalue weighted by molar-refractivity contribution is 0.260.